The van der Waals surface area contributed by atoms with Crippen molar-refractivity contribution in [3.8, 4) is 0 Å². The van der Waals surface area contributed by atoms with Gasteiger partial charge in [0.15, 0.2) is 11.7 Å². The van der Waals surface area contributed by atoms with Gasteiger partial charge in [0, 0.05) is 18.3 Å². The molecule has 0 bridgehead atoms. The first-order valence-corrected chi connectivity index (χ1v) is 8.98. The van der Waals surface area contributed by atoms with Gasteiger partial charge in [-0.2, -0.15) is 0 Å². The normalized spacial score (nSPS) is 12.3. The van der Waals surface area contributed by atoms with E-state index in [2.05, 4.69) is 41.7 Å². The minimum Gasteiger partial charge on any atom is -0.459 e. The van der Waals surface area contributed by atoms with Crippen molar-refractivity contribution in [3.05, 3.63) is 54.0 Å². The van der Waals surface area contributed by atoms with Crippen LogP contribution in [0.1, 0.15) is 43.8 Å². The second-order valence-electron chi connectivity index (χ2n) is 6.50. The summed E-state index contributed by atoms with van der Waals surface area (Å²) in [7, 11) is 0. The Morgan fingerprint density at radius 1 is 1.19 bits per heavy atom. The monoisotopic (exact) mass is 484 g/mol. The summed E-state index contributed by atoms with van der Waals surface area (Å²) in [5, 5.41) is 9.50. The van der Waals surface area contributed by atoms with E-state index < -0.39 is 0 Å². The summed E-state index contributed by atoms with van der Waals surface area (Å²) < 4.78 is 5.11. The summed E-state index contributed by atoms with van der Waals surface area (Å²) in [4.78, 5) is 16.7. The molecule has 0 saturated heterocycles. The number of hydrogen-bond acceptors (Lipinski definition) is 3. The van der Waals surface area contributed by atoms with E-state index in [1.165, 1.54) is 6.26 Å². The highest BCUT2D eigenvalue weighted by Crippen LogP contribution is 2.13. The van der Waals surface area contributed by atoms with E-state index >= 15 is 0 Å². The van der Waals surface area contributed by atoms with Crippen molar-refractivity contribution in [2.75, 3.05) is 11.9 Å². The van der Waals surface area contributed by atoms with Gasteiger partial charge in [-0.05, 0) is 49.6 Å². The van der Waals surface area contributed by atoms with Crippen LogP contribution in [0.4, 0.5) is 5.69 Å². The van der Waals surface area contributed by atoms with Crippen molar-refractivity contribution in [1.82, 2.24) is 10.6 Å². The molecule has 148 valence electrons. The molecule has 0 saturated carbocycles. The molecule has 1 aromatic carbocycles. The van der Waals surface area contributed by atoms with Crippen LogP contribution in [0.5, 0.6) is 0 Å². The number of carbonyl (C=O) groups excluding carboxylic acids is 1. The van der Waals surface area contributed by atoms with Crippen LogP contribution < -0.4 is 16.0 Å². The van der Waals surface area contributed by atoms with Crippen molar-refractivity contribution in [2.24, 2.45) is 10.9 Å². The van der Waals surface area contributed by atoms with Gasteiger partial charge in [0.2, 0.25) is 0 Å². The lowest BCUT2D eigenvalue weighted by Crippen LogP contribution is -2.44. The van der Waals surface area contributed by atoms with Crippen molar-refractivity contribution in [3.63, 3.8) is 0 Å². The predicted octanol–water partition coefficient (Wildman–Crippen LogP) is 4.25. The lowest BCUT2D eigenvalue weighted by molar-refractivity contribution is 0.0996. The zero-order valence-electron chi connectivity index (χ0n) is 16.3. The Balaban J connectivity index is 0.00000364. The molecule has 2 rings (SSSR count). The lowest BCUT2D eigenvalue weighted by Gasteiger charge is -2.20. The zero-order valence-corrected chi connectivity index (χ0v) is 18.6. The Bertz CT molecular complexity index is 729. The molecule has 0 fully saturated rings. The predicted molar refractivity (Wildman–Crippen MR) is 121 cm³/mol. The molecular formula is C20H29IN4O2. The van der Waals surface area contributed by atoms with Gasteiger partial charge in [0.05, 0.1) is 12.8 Å². The number of nitrogens with zero attached hydrogens (tertiary/aromatic N) is 1. The Hall–Kier alpha value is -2.03. The number of furan rings is 1. The van der Waals surface area contributed by atoms with Gasteiger partial charge >= 0.3 is 0 Å². The number of amides is 1. The fourth-order valence-corrected chi connectivity index (χ4v) is 2.22. The zero-order chi connectivity index (χ0) is 18.9. The Morgan fingerprint density at radius 3 is 2.59 bits per heavy atom. The lowest BCUT2D eigenvalue weighted by atomic mass is 10.1. The van der Waals surface area contributed by atoms with Crippen LogP contribution in [0.3, 0.4) is 0 Å². The number of anilines is 1. The molecule has 7 heteroatoms. The van der Waals surface area contributed by atoms with Gasteiger partial charge in [-0.1, -0.05) is 26.0 Å². The number of aliphatic imine (C=N–C) groups is 1. The molecule has 0 aliphatic rings. The van der Waals surface area contributed by atoms with Gasteiger partial charge in [-0.3, -0.25) is 4.79 Å². The molecule has 1 unspecified atom stereocenters. The van der Waals surface area contributed by atoms with Crippen molar-refractivity contribution in [1.29, 1.82) is 0 Å². The maximum Gasteiger partial charge on any atom is 0.291 e. The van der Waals surface area contributed by atoms with E-state index in [0.29, 0.717) is 24.2 Å². The Kier molecular flexibility index (Phi) is 9.92. The van der Waals surface area contributed by atoms with E-state index in [9.17, 15) is 4.79 Å². The molecule has 0 radical (unpaired) electrons. The minimum atomic E-state index is -0.267. The number of guanidine groups is 1. The first kappa shape index (κ1) is 23.0. The van der Waals surface area contributed by atoms with Crippen molar-refractivity contribution < 1.29 is 9.21 Å². The molecule has 6 nitrogen and oxygen atoms in total. The van der Waals surface area contributed by atoms with E-state index in [4.69, 9.17) is 4.42 Å². The topological polar surface area (TPSA) is 78.7 Å². The Labute approximate surface area is 178 Å². The van der Waals surface area contributed by atoms with E-state index in [1.807, 2.05) is 31.2 Å². The first-order valence-electron chi connectivity index (χ1n) is 8.98. The quantitative estimate of drug-likeness (QED) is 0.312. The molecule has 0 aliphatic heterocycles. The average Bonchev–Trinajstić information content (AvgIpc) is 3.15. The fourth-order valence-electron chi connectivity index (χ4n) is 2.22. The molecule has 27 heavy (non-hydrogen) atoms. The van der Waals surface area contributed by atoms with Crippen LogP contribution in [0.2, 0.25) is 0 Å². The largest absolute Gasteiger partial charge is 0.459 e. The number of benzene rings is 1. The summed E-state index contributed by atoms with van der Waals surface area (Å²) in [5.74, 6) is 1.32. The molecule has 2 aromatic rings. The minimum absolute atomic E-state index is 0. The van der Waals surface area contributed by atoms with Gasteiger partial charge < -0.3 is 20.4 Å². The van der Waals surface area contributed by atoms with Gasteiger partial charge in [-0.25, -0.2) is 4.99 Å². The van der Waals surface area contributed by atoms with Gasteiger partial charge in [0.25, 0.3) is 5.91 Å². The third-order valence-corrected chi connectivity index (χ3v) is 4.06. The number of hydrogen-bond donors (Lipinski definition) is 3. The maximum atomic E-state index is 12.1. The molecular weight excluding hydrogens is 455 g/mol. The molecule has 1 heterocycles. The highest BCUT2D eigenvalue weighted by molar-refractivity contribution is 14.0. The SMILES string of the molecule is CCNC(=NCc1cccc(NC(=O)c2ccco2)c1)NC(C)C(C)C.I. The van der Waals surface area contributed by atoms with Crippen LogP contribution in [-0.2, 0) is 6.54 Å². The second-order valence-corrected chi connectivity index (χ2v) is 6.50. The third-order valence-electron chi connectivity index (χ3n) is 4.06. The number of rotatable bonds is 7. The third kappa shape index (κ3) is 7.62. The molecule has 0 aliphatic carbocycles. The van der Waals surface area contributed by atoms with E-state index in [0.717, 1.165) is 18.1 Å². The summed E-state index contributed by atoms with van der Waals surface area (Å²) in [6.45, 7) is 9.85. The van der Waals surface area contributed by atoms with Crippen molar-refractivity contribution in [2.45, 2.75) is 40.3 Å². The van der Waals surface area contributed by atoms with Crippen LogP contribution in [0.25, 0.3) is 0 Å². The molecule has 3 N–H and O–H groups in total. The molecule has 1 aromatic heterocycles. The summed E-state index contributed by atoms with van der Waals surface area (Å²) in [6.07, 6.45) is 1.48. The summed E-state index contributed by atoms with van der Waals surface area (Å²) in [6, 6.07) is 11.3. The van der Waals surface area contributed by atoms with Crippen LogP contribution >= 0.6 is 24.0 Å². The highest BCUT2D eigenvalue weighted by Gasteiger charge is 2.10. The number of carbonyl (C=O) groups is 1. The smallest absolute Gasteiger partial charge is 0.291 e. The number of halogens is 1. The maximum absolute atomic E-state index is 12.1. The van der Waals surface area contributed by atoms with Gasteiger partial charge in [-0.15, -0.1) is 24.0 Å². The van der Waals surface area contributed by atoms with Crippen LogP contribution in [0.15, 0.2) is 52.1 Å². The standard InChI is InChI=1S/C20H28N4O2.HI/c1-5-21-20(23-15(4)14(2)3)22-13-16-8-6-9-17(12-16)24-19(25)18-10-7-11-26-18;/h6-12,14-15H,5,13H2,1-4H3,(H,24,25)(H2,21,22,23);1H. The fraction of sp³-hybridized carbons (Fsp3) is 0.400. The van der Waals surface area contributed by atoms with E-state index in [1.54, 1.807) is 12.1 Å². The second kappa shape index (κ2) is 11.6. The van der Waals surface area contributed by atoms with Gasteiger partial charge in [0.1, 0.15) is 0 Å². The summed E-state index contributed by atoms with van der Waals surface area (Å²) in [5.41, 5.74) is 1.73. The molecule has 0 spiro atoms. The summed E-state index contributed by atoms with van der Waals surface area (Å²) >= 11 is 0. The van der Waals surface area contributed by atoms with E-state index in [-0.39, 0.29) is 35.6 Å². The molecule has 1 atom stereocenters. The van der Waals surface area contributed by atoms with Crippen LogP contribution in [0, 0.1) is 5.92 Å². The first-order chi connectivity index (χ1) is 12.5. The highest BCUT2D eigenvalue weighted by atomic mass is 127. The van der Waals surface area contributed by atoms with Crippen LogP contribution in [-0.4, -0.2) is 24.5 Å². The number of nitrogens with one attached hydrogen (secondary N) is 3. The average molecular weight is 484 g/mol. The Morgan fingerprint density at radius 2 is 1.96 bits per heavy atom. The molecule has 1 amide bonds. The van der Waals surface area contributed by atoms with Crippen molar-refractivity contribution >= 4 is 41.5 Å².